The summed E-state index contributed by atoms with van der Waals surface area (Å²) in [6, 6.07) is 8.42. The molecule has 1 rings (SSSR count). The molecule has 0 aliphatic rings. The van der Waals surface area contributed by atoms with Gasteiger partial charge in [0.15, 0.2) is 0 Å². The minimum atomic E-state index is 0.674. The van der Waals surface area contributed by atoms with Gasteiger partial charge in [0, 0.05) is 5.70 Å². The van der Waals surface area contributed by atoms with Crippen molar-refractivity contribution >= 4 is 6.08 Å². The zero-order valence-corrected chi connectivity index (χ0v) is 10.5. The summed E-state index contributed by atoms with van der Waals surface area (Å²) in [5.41, 5.74) is 9.91. The van der Waals surface area contributed by atoms with Crippen molar-refractivity contribution < 1.29 is 0 Å². The Bertz CT molecular complexity index is 459. The van der Waals surface area contributed by atoms with E-state index in [1.54, 1.807) is 6.08 Å². The first-order valence-corrected chi connectivity index (χ1v) is 5.63. The van der Waals surface area contributed by atoms with E-state index in [1.165, 1.54) is 11.1 Å². The summed E-state index contributed by atoms with van der Waals surface area (Å²) in [7, 11) is 0. The predicted octanol–water partition coefficient (Wildman–Crippen LogP) is 3.98. The first-order valence-electron chi connectivity index (χ1n) is 5.63. The van der Waals surface area contributed by atoms with Crippen LogP contribution in [0.2, 0.25) is 0 Å². The maximum atomic E-state index is 5.62. The number of aryl methyl sites for hydroxylation is 1. The lowest BCUT2D eigenvalue weighted by Gasteiger charge is -1.95. The molecule has 0 aliphatic heterocycles. The number of benzene rings is 1. The molecule has 0 atom stereocenters. The van der Waals surface area contributed by atoms with E-state index < -0.39 is 0 Å². The fourth-order valence-corrected chi connectivity index (χ4v) is 1.26. The smallest absolute Gasteiger partial charge is 0.0308 e. The van der Waals surface area contributed by atoms with E-state index in [-0.39, 0.29) is 0 Å². The molecule has 0 spiro atoms. The van der Waals surface area contributed by atoms with Crippen LogP contribution in [0.15, 0.2) is 66.4 Å². The highest BCUT2D eigenvalue weighted by atomic mass is 14.5. The second-order valence-electron chi connectivity index (χ2n) is 4.03. The molecule has 0 fully saturated rings. The van der Waals surface area contributed by atoms with Gasteiger partial charge < -0.3 is 5.73 Å². The lowest BCUT2D eigenvalue weighted by atomic mass is 10.1. The van der Waals surface area contributed by atoms with Gasteiger partial charge in [-0.2, -0.15) is 0 Å². The van der Waals surface area contributed by atoms with Crippen LogP contribution in [0.25, 0.3) is 6.08 Å². The molecule has 0 saturated heterocycles. The Balaban J connectivity index is 2.71. The minimum Gasteiger partial charge on any atom is -0.399 e. The van der Waals surface area contributed by atoms with Crippen LogP contribution >= 0.6 is 0 Å². The summed E-state index contributed by atoms with van der Waals surface area (Å²) in [5, 5.41) is 0. The standard InChI is InChI=1S/C16H19N/c1-4-16(17)12-8-14(3)7-11-15-9-5-13(2)6-10-15/h4-12H,1,17H2,2-3H3/b11-7+,14-8+,16-12+. The first-order chi connectivity index (χ1) is 8.11. The number of rotatable bonds is 4. The zero-order valence-electron chi connectivity index (χ0n) is 10.5. The summed E-state index contributed by atoms with van der Waals surface area (Å²) in [4.78, 5) is 0. The molecule has 0 aliphatic carbocycles. The minimum absolute atomic E-state index is 0.674. The Hall–Kier alpha value is -2.02. The van der Waals surface area contributed by atoms with Crippen LogP contribution in [0.3, 0.4) is 0 Å². The Morgan fingerprint density at radius 3 is 2.41 bits per heavy atom. The quantitative estimate of drug-likeness (QED) is 0.770. The fourth-order valence-electron chi connectivity index (χ4n) is 1.26. The highest BCUT2D eigenvalue weighted by Gasteiger charge is 1.86. The average Bonchev–Trinajstić information content (AvgIpc) is 2.35. The van der Waals surface area contributed by atoms with Gasteiger partial charge in [0.1, 0.15) is 0 Å². The third-order valence-electron chi connectivity index (χ3n) is 2.39. The molecule has 1 aromatic rings. The molecule has 17 heavy (non-hydrogen) atoms. The Labute approximate surface area is 104 Å². The van der Waals surface area contributed by atoms with Crippen LogP contribution in [0.1, 0.15) is 18.1 Å². The van der Waals surface area contributed by atoms with Crippen LogP contribution < -0.4 is 5.73 Å². The van der Waals surface area contributed by atoms with Crippen molar-refractivity contribution in [2.24, 2.45) is 5.73 Å². The largest absolute Gasteiger partial charge is 0.399 e. The second-order valence-corrected chi connectivity index (χ2v) is 4.03. The van der Waals surface area contributed by atoms with Crippen LogP contribution in [0.5, 0.6) is 0 Å². The highest BCUT2D eigenvalue weighted by Crippen LogP contribution is 2.07. The van der Waals surface area contributed by atoms with Gasteiger partial charge in [-0.05, 0) is 31.6 Å². The molecule has 1 nitrogen and oxygen atoms in total. The Morgan fingerprint density at radius 1 is 1.18 bits per heavy atom. The normalized spacial score (nSPS) is 13.1. The Kier molecular flexibility index (Phi) is 5.02. The summed E-state index contributed by atoms with van der Waals surface area (Å²) >= 11 is 0. The molecule has 88 valence electrons. The molecule has 2 N–H and O–H groups in total. The second kappa shape index (κ2) is 6.54. The van der Waals surface area contributed by atoms with E-state index in [0.717, 1.165) is 5.57 Å². The number of nitrogens with two attached hydrogens (primary N) is 1. The van der Waals surface area contributed by atoms with E-state index in [1.807, 2.05) is 19.1 Å². The van der Waals surface area contributed by atoms with Crippen molar-refractivity contribution in [3.8, 4) is 0 Å². The van der Waals surface area contributed by atoms with Gasteiger partial charge in [0.2, 0.25) is 0 Å². The SMILES string of the molecule is C=C\C(N)=C/C=C(C)/C=C/c1ccc(C)cc1. The molecule has 0 radical (unpaired) electrons. The molecule has 0 bridgehead atoms. The van der Waals surface area contributed by atoms with Gasteiger partial charge in [-0.15, -0.1) is 0 Å². The van der Waals surface area contributed by atoms with E-state index in [4.69, 9.17) is 5.73 Å². The number of hydrogen-bond donors (Lipinski definition) is 1. The summed E-state index contributed by atoms with van der Waals surface area (Å²) < 4.78 is 0. The Morgan fingerprint density at radius 2 is 1.82 bits per heavy atom. The van der Waals surface area contributed by atoms with Crippen LogP contribution in [-0.4, -0.2) is 0 Å². The molecule has 0 unspecified atom stereocenters. The van der Waals surface area contributed by atoms with Gasteiger partial charge in [-0.3, -0.25) is 0 Å². The third-order valence-corrected chi connectivity index (χ3v) is 2.39. The summed E-state index contributed by atoms with van der Waals surface area (Å²) in [5.74, 6) is 0. The predicted molar refractivity (Wildman–Crippen MR) is 76.4 cm³/mol. The average molecular weight is 225 g/mol. The topological polar surface area (TPSA) is 26.0 Å². The van der Waals surface area contributed by atoms with Crippen molar-refractivity contribution in [2.45, 2.75) is 13.8 Å². The van der Waals surface area contributed by atoms with E-state index >= 15 is 0 Å². The van der Waals surface area contributed by atoms with Crippen molar-refractivity contribution in [1.29, 1.82) is 0 Å². The lowest BCUT2D eigenvalue weighted by Crippen LogP contribution is -1.90. The maximum Gasteiger partial charge on any atom is 0.0308 e. The van der Waals surface area contributed by atoms with Crippen molar-refractivity contribution in [1.82, 2.24) is 0 Å². The van der Waals surface area contributed by atoms with E-state index in [0.29, 0.717) is 5.70 Å². The zero-order chi connectivity index (χ0) is 12.7. The van der Waals surface area contributed by atoms with Crippen molar-refractivity contribution in [3.05, 3.63) is 77.5 Å². The lowest BCUT2D eigenvalue weighted by molar-refractivity contribution is 1.42. The number of hydrogen-bond acceptors (Lipinski definition) is 1. The van der Waals surface area contributed by atoms with Gasteiger partial charge in [0.25, 0.3) is 0 Å². The molecule has 0 aromatic heterocycles. The van der Waals surface area contributed by atoms with Crippen LogP contribution in [0.4, 0.5) is 0 Å². The maximum absolute atomic E-state index is 5.62. The van der Waals surface area contributed by atoms with Crippen LogP contribution in [0, 0.1) is 6.92 Å². The first kappa shape index (κ1) is 13.0. The van der Waals surface area contributed by atoms with Crippen LogP contribution in [-0.2, 0) is 0 Å². The summed E-state index contributed by atoms with van der Waals surface area (Å²) in [6.45, 7) is 7.72. The van der Waals surface area contributed by atoms with Crippen molar-refractivity contribution in [2.75, 3.05) is 0 Å². The highest BCUT2D eigenvalue weighted by molar-refractivity contribution is 5.53. The van der Waals surface area contributed by atoms with E-state index in [9.17, 15) is 0 Å². The van der Waals surface area contributed by atoms with Gasteiger partial charge in [-0.25, -0.2) is 0 Å². The third kappa shape index (κ3) is 5.03. The van der Waals surface area contributed by atoms with Gasteiger partial charge in [0.05, 0.1) is 0 Å². The molecule has 0 saturated carbocycles. The molecular formula is C16H19N. The monoisotopic (exact) mass is 225 g/mol. The molecule has 0 heterocycles. The summed E-state index contributed by atoms with van der Waals surface area (Å²) in [6.07, 6.45) is 9.61. The number of allylic oxidation sites excluding steroid dienone is 5. The van der Waals surface area contributed by atoms with Gasteiger partial charge in [-0.1, -0.05) is 60.2 Å². The molecular weight excluding hydrogens is 206 g/mol. The molecule has 1 heteroatoms. The molecule has 0 amide bonds. The van der Waals surface area contributed by atoms with Crippen molar-refractivity contribution in [3.63, 3.8) is 0 Å². The van der Waals surface area contributed by atoms with E-state index in [2.05, 4.69) is 49.9 Å². The molecule has 1 aromatic carbocycles. The van der Waals surface area contributed by atoms with Gasteiger partial charge >= 0.3 is 0 Å². The fraction of sp³-hybridized carbons (Fsp3) is 0.125.